The van der Waals surface area contributed by atoms with Crippen molar-refractivity contribution in [1.29, 1.82) is 0 Å². The van der Waals surface area contributed by atoms with E-state index in [0.29, 0.717) is 6.42 Å². The Bertz CT molecular complexity index is 1160. The van der Waals surface area contributed by atoms with Crippen molar-refractivity contribution in [2.45, 2.75) is 39.6 Å². The zero-order chi connectivity index (χ0) is 24.3. The average molecular weight is 489 g/mol. The molecule has 2 aromatic carbocycles. The molecule has 0 N–H and O–H groups in total. The van der Waals surface area contributed by atoms with E-state index >= 15 is 0 Å². The summed E-state index contributed by atoms with van der Waals surface area (Å²) in [6.07, 6.45) is 2.07. The van der Waals surface area contributed by atoms with E-state index in [0.717, 1.165) is 0 Å². The van der Waals surface area contributed by atoms with Gasteiger partial charge in [0.25, 0.3) is 0 Å². The Morgan fingerprint density at radius 3 is 1.88 bits per heavy atom. The Labute approximate surface area is 195 Å². The molecule has 2 aromatic rings. The maximum absolute atomic E-state index is 14.0. The SMILES string of the molecule is C=C[C@@H]1CC(S(=O)(=O)c2ccccc2)(S(=O)(=O)c2ccccc2)C[C@H]1CCC(=C)C(=O)OC. The zero-order valence-corrected chi connectivity index (χ0v) is 20.1. The highest BCUT2D eigenvalue weighted by Crippen LogP contribution is 2.53. The second kappa shape index (κ2) is 9.65. The van der Waals surface area contributed by atoms with E-state index in [-0.39, 0.29) is 46.5 Å². The van der Waals surface area contributed by atoms with E-state index in [9.17, 15) is 21.6 Å². The molecule has 1 saturated carbocycles. The molecule has 0 radical (unpaired) electrons. The lowest BCUT2D eigenvalue weighted by molar-refractivity contribution is -0.136. The summed E-state index contributed by atoms with van der Waals surface area (Å²) in [7, 11) is -7.32. The van der Waals surface area contributed by atoms with Crippen LogP contribution in [0, 0.1) is 11.8 Å². The Morgan fingerprint density at radius 2 is 1.45 bits per heavy atom. The molecule has 0 bridgehead atoms. The molecule has 0 spiro atoms. The van der Waals surface area contributed by atoms with Gasteiger partial charge >= 0.3 is 5.97 Å². The van der Waals surface area contributed by atoms with Crippen LogP contribution in [0.2, 0.25) is 0 Å². The van der Waals surface area contributed by atoms with Crippen LogP contribution in [0.15, 0.2) is 95.3 Å². The monoisotopic (exact) mass is 488 g/mol. The van der Waals surface area contributed by atoms with E-state index in [1.54, 1.807) is 42.5 Å². The number of hydrogen-bond acceptors (Lipinski definition) is 6. The molecule has 0 heterocycles. The van der Waals surface area contributed by atoms with Crippen LogP contribution < -0.4 is 0 Å². The van der Waals surface area contributed by atoms with E-state index in [1.807, 2.05) is 0 Å². The number of benzene rings is 2. The van der Waals surface area contributed by atoms with Crippen molar-refractivity contribution in [3.05, 3.63) is 85.5 Å². The Hall–Kier alpha value is -2.71. The molecule has 176 valence electrons. The molecule has 0 amide bonds. The van der Waals surface area contributed by atoms with Crippen LogP contribution in [0.1, 0.15) is 25.7 Å². The minimum Gasteiger partial charge on any atom is -0.466 e. The summed E-state index contributed by atoms with van der Waals surface area (Å²) in [4.78, 5) is 11.7. The van der Waals surface area contributed by atoms with Crippen LogP contribution in [0.25, 0.3) is 0 Å². The zero-order valence-electron chi connectivity index (χ0n) is 18.5. The third-order valence-electron chi connectivity index (χ3n) is 6.41. The predicted molar refractivity (Wildman–Crippen MR) is 127 cm³/mol. The van der Waals surface area contributed by atoms with E-state index in [1.165, 1.54) is 31.4 Å². The first-order valence-corrected chi connectivity index (χ1v) is 13.6. The molecule has 0 saturated heterocycles. The molecule has 1 aliphatic rings. The van der Waals surface area contributed by atoms with Gasteiger partial charge in [-0.1, -0.05) is 49.1 Å². The molecule has 3 rings (SSSR count). The third kappa shape index (κ3) is 4.42. The average Bonchev–Trinajstić information content (AvgIpc) is 3.24. The van der Waals surface area contributed by atoms with Crippen LogP contribution in [0.5, 0.6) is 0 Å². The lowest BCUT2D eigenvalue weighted by Gasteiger charge is -2.29. The van der Waals surface area contributed by atoms with Crippen molar-refractivity contribution in [2.24, 2.45) is 11.8 Å². The van der Waals surface area contributed by atoms with Crippen LogP contribution in [-0.2, 0) is 29.2 Å². The van der Waals surface area contributed by atoms with Crippen LogP contribution >= 0.6 is 0 Å². The topological polar surface area (TPSA) is 94.6 Å². The van der Waals surface area contributed by atoms with E-state index < -0.39 is 29.7 Å². The summed E-state index contributed by atoms with van der Waals surface area (Å²) in [5.41, 5.74) is 0.259. The number of esters is 1. The fraction of sp³-hybridized carbons (Fsp3) is 0.320. The largest absolute Gasteiger partial charge is 0.466 e. The Morgan fingerprint density at radius 1 is 0.970 bits per heavy atom. The molecule has 2 atom stereocenters. The summed E-state index contributed by atoms with van der Waals surface area (Å²) in [6.45, 7) is 7.57. The molecule has 0 unspecified atom stereocenters. The maximum atomic E-state index is 14.0. The fourth-order valence-corrected chi connectivity index (χ4v) is 9.88. The van der Waals surface area contributed by atoms with Gasteiger partial charge in [-0.05, 0) is 61.8 Å². The van der Waals surface area contributed by atoms with E-state index in [4.69, 9.17) is 4.74 Å². The first kappa shape index (κ1) is 24.9. The number of carbonyl (C=O) groups excluding carboxylic acids is 1. The molecule has 0 aromatic heterocycles. The Balaban J connectivity index is 2.12. The number of methoxy groups -OCH3 is 1. The number of carbonyl (C=O) groups is 1. The number of allylic oxidation sites excluding steroid dienone is 1. The normalized spacial score (nSPS) is 20.2. The minimum atomic E-state index is -4.29. The van der Waals surface area contributed by atoms with Crippen LogP contribution in [0.4, 0.5) is 0 Å². The summed E-state index contributed by atoms with van der Waals surface area (Å²) in [5.74, 6) is -1.23. The highest BCUT2D eigenvalue weighted by Gasteiger charge is 2.61. The molecule has 6 nitrogen and oxygen atoms in total. The van der Waals surface area contributed by atoms with Crippen LogP contribution in [0.3, 0.4) is 0 Å². The molecular formula is C25H28O6S2. The smallest absolute Gasteiger partial charge is 0.333 e. The predicted octanol–water partition coefficient (Wildman–Crippen LogP) is 4.35. The lowest BCUT2D eigenvalue weighted by atomic mass is 9.90. The fourth-order valence-electron chi connectivity index (χ4n) is 4.57. The van der Waals surface area contributed by atoms with Crippen molar-refractivity contribution < 1.29 is 26.4 Å². The second-order valence-electron chi connectivity index (χ2n) is 8.25. The van der Waals surface area contributed by atoms with Gasteiger partial charge < -0.3 is 4.74 Å². The quantitative estimate of drug-likeness (QED) is 0.296. The standard InChI is InChI=1S/C25H28O6S2/c1-4-20-17-25(32(27,28)22-11-7-5-8-12-22,33(29,30)23-13-9-6-10-14-23)18-21(20)16-15-19(2)24(26)31-3/h4-14,20-21H,1-2,15-18H2,3H3/t20-,21-/m1/s1. The molecule has 1 fully saturated rings. The van der Waals surface area contributed by atoms with Crippen molar-refractivity contribution >= 4 is 25.6 Å². The number of rotatable bonds is 9. The van der Waals surface area contributed by atoms with Gasteiger partial charge in [-0.3, -0.25) is 0 Å². The van der Waals surface area contributed by atoms with Gasteiger partial charge in [0.05, 0.1) is 16.9 Å². The summed E-state index contributed by atoms with van der Waals surface area (Å²) in [6, 6.07) is 15.4. The summed E-state index contributed by atoms with van der Waals surface area (Å²) < 4.78 is 58.5. The highest BCUT2D eigenvalue weighted by atomic mass is 32.3. The van der Waals surface area contributed by atoms with Crippen molar-refractivity contribution in [2.75, 3.05) is 7.11 Å². The summed E-state index contributed by atoms with van der Waals surface area (Å²) >= 11 is 0. The molecular weight excluding hydrogens is 460 g/mol. The number of ether oxygens (including phenoxy) is 1. The second-order valence-corrected chi connectivity index (χ2v) is 13.0. The number of sulfone groups is 2. The van der Waals surface area contributed by atoms with Gasteiger partial charge in [0.15, 0.2) is 23.8 Å². The first-order valence-electron chi connectivity index (χ1n) is 10.6. The van der Waals surface area contributed by atoms with Crippen molar-refractivity contribution in [3.63, 3.8) is 0 Å². The van der Waals surface area contributed by atoms with Gasteiger partial charge in [0, 0.05) is 5.57 Å². The third-order valence-corrected chi connectivity index (χ3v) is 12.1. The van der Waals surface area contributed by atoms with Gasteiger partial charge in [-0.25, -0.2) is 21.6 Å². The first-order chi connectivity index (χ1) is 15.6. The maximum Gasteiger partial charge on any atom is 0.333 e. The molecule has 1 aliphatic carbocycles. The van der Waals surface area contributed by atoms with Gasteiger partial charge in [0.1, 0.15) is 0 Å². The van der Waals surface area contributed by atoms with E-state index in [2.05, 4.69) is 13.2 Å². The lowest BCUT2D eigenvalue weighted by Crippen LogP contribution is -2.44. The number of hydrogen-bond donors (Lipinski definition) is 0. The Kier molecular flexibility index (Phi) is 7.29. The van der Waals surface area contributed by atoms with Crippen molar-refractivity contribution in [1.82, 2.24) is 0 Å². The minimum absolute atomic E-state index is 0.0352. The van der Waals surface area contributed by atoms with Gasteiger partial charge in [-0.15, -0.1) is 6.58 Å². The molecule has 33 heavy (non-hydrogen) atoms. The molecule has 8 heteroatoms. The van der Waals surface area contributed by atoms with Crippen LogP contribution in [-0.4, -0.2) is 34.0 Å². The summed E-state index contributed by atoms with van der Waals surface area (Å²) in [5, 5.41) is 0. The van der Waals surface area contributed by atoms with Gasteiger partial charge in [-0.2, -0.15) is 0 Å². The molecule has 0 aliphatic heterocycles. The van der Waals surface area contributed by atoms with Crippen molar-refractivity contribution in [3.8, 4) is 0 Å². The highest BCUT2D eigenvalue weighted by molar-refractivity contribution is 8.10. The van der Waals surface area contributed by atoms with Gasteiger partial charge in [0.2, 0.25) is 0 Å².